The third kappa shape index (κ3) is 5.54. The Kier molecular flexibility index (Phi) is 5.88. The number of aromatic carboxylic acids is 1. The summed E-state index contributed by atoms with van der Waals surface area (Å²) in [7, 11) is 0. The first kappa shape index (κ1) is 14.5. The Labute approximate surface area is 111 Å². The van der Waals surface area contributed by atoms with E-state index in [0.717, 1.165) is 6.54 Å². The standard InChI is InChI=1S/C9H8O4.C5H7N/c1-6(10)13-8-5-3-2-4-7(8)9(11)12;1-2-4-6-5-3-1/h2-5H,1H3,(H,11,12);1-4,6H,5H2. The SMILES string of the molecule is C1=CCNC=C1.CC(=O)Oc1ccccc1C(=O)O. The molecule has 0 aliphatic carbocycles. The van der Waals surface area contributed by atoms with Gasteiger partial charge in [0.2, 0.25) is 0 Å². The molecule has 100 valence electrons. The number of hydrogen-bond acceptors (Lipinski definition) is 4. The average molecular weight is 261 g/mol. The van der Waals surface area contributed by atoms with Crippen LogP contribution in [0.25, 0.3) is 0 Å². The van der Waals surface area contributed by atoms with Gasteiger partial charge in [-0.05, 0) is 24.4 Å². The fourth-order valence-corrected chi connectivity index (χ4v) is 1.29. The average Bonchev–Trinajstić information content (AvgIpc) is 2.41. The number of carboxylic acid groups (broad SMARTS) is 1. The number of carbonyl (C=O) groups is 2. The largest absolute Gasteiger partial charge is 0.478 e. The zero-order chi connectivity index (χ0) is 14.1. The monoisotopic (exact) mass is 261 g/mol. The summed E-state index contributed by atoms with van der Waals surface area (Å²) in [5.74, 6) is -1.58. The normalized spacial score (nSPS) is 11.8. The second kappa shape index (κ2) is 7.71. The highest BCUT2D eigenvalue weighted by Crippen LogP contribution is 2.17. The van der Waals surface area contributed by atoms with Gasteiger partial charge in [0, 0.05) is 13.5 Å². The number of benzene rings is 1. The molecule has 2 rings (SSSR count). The fourth-order valence-electron chi connectivity index (χ4n) is 1.29. The summed E-state index contributed by atoms with van der Waals surface area (Å²) in [5.41, 5.74) is -0.0160. The van der Waals surface area contributed by atoms with Crippen molar-refractivity contribution in [2.24, 2.45) is 0 Å². The summed E-state index contributed by atoms with van der Waals surface area (Å²) in [5, 5.41) is 11.7. The summed E-state index contributed by atoms with van der Waals surface area (Å²) < 4.78 is 4.69. The van der Waals surface area contributed by atoms with Crippen molar-refractivity contribution in [3.05, 3.63) is 54.3 Å². The van der Waals surface area contributed by atoms with Crippen LogP contribution in [0.1, 0.15) is 17.3 Å². The predicted molar refractivity (Wildman–Crippen MR) is 71.0 cm³/mol. The lowest BCUT2D eigenvalue weighted by molar-refractivity contribution is -0.131. The number of para-hydroxylation sites is 1. The van der Waals surface area contributed by atoms with E-state index in [9.17, 15) is 9.59 Å². The fraction of sp³-hybridized carbons (Fsp3) is 0.143. The van der Waals surface area contributed by atoms with Crippen LogP contribution in [-0.4, -0.2) is 23.6 Å². The molecule has 0 saturated carbocycles. The smallest absolute Gasteiger partial charge is 0.339 e. The third-order valence-electron chi connectivity index (χ3n) is 2.07. The molecule has 5 nitrogen and oxygen atoms in total. The van der Waals surface area contributed by atoms with Gasteiger partial charge in [-0.15, -0.1) is 0 Å². The van der Waals surface area contributed by atoms with Gasteiger partial charge in [0.05, 0.1) is 0 Å². The van der Waals surface area contributed by atoms with Crippen LogP contribution >= 0.6 is 0 Å². The van der Waals surface area contributed by atoms with Gasteiger partial charge in [-0.3, -0.25) is 4.79 Å². The zero-order valence-electron chi connectivity index (χ0n) is 10.5. The Morgan fingerprint density at radius 1 is 1.26 bits per heavy atom. The van der Waals surface area contributed by atoms with Crippen LogP contribution in [0.3, 0.4) is 0 Å². The van der Waals surface area contributed by atoms with Crippen molar-refractivity contribution in [3.8, 4) is 5.75 Å². The lowest BCUT2D eigenvalue weighted by atomic mass is 10.2. The maximum absolute atomic E-state index is 10.6. The molecule has 0 atom stereocenters. The number of esters is 1. The topological polar surface area (TPSA) is 75.6 Å². The van der Waals surface area contributed by atoms with E-state index in [2.05, 4.69) is 16.1 Å². The highest BCUT2D eigenvalue weighted by Gasteiger charge is 2.10. The minimum absolute atomic E-state index is 0.0160. The molecule has 0 saturated heterocycles. The van der Waals surface area contributed by atoms with Crippen molar-refractivity contribution in [3.63, 3.8) is 0 Å². The molecule has 5 heteroatoms. The first-order valence-corrected chi connectivity index (χ1v) is 5.67. The van der Waals surface area contributed by atoms with Gasteiger partial charge in [0.1, 0.15) is 11.3 Å². The Morgan fingerprint density at radius 2 is 2.00 bits per heavy atom. The summed E-state index contributed by atoms with van der Waals surface area (Å²) in [6, 6.07) is 5.98. The van der Waals surface area contributed by atoms with E-state index in [4.69, 9.17) is 5.11 Å². The molecule has 0 aromatic heterocycles. The number of allylic oxidation sites excluding steroid dienone is 2. The van der Waals surface area contributed by atoms with Crippen LogP contribution in [0, 0.1) is 0 Å². The minimum Gasteiger partial charge on any atom is -0.478 e. The molecular weight excluding hydrogens is 246 g/mol. The van der Waals surface area contributed by atoms with Gasteiger partial charge in [-0.2, -0.15) is 0 Å². The van der Waals surface area contributed by atoms with Gasteiger partial charge >= 0.3 is 11.9 Å². The molecule has 1 aromatic carbocycles. The van der Waals surface area contributed by atoms with Crippen molar-refractivity contribution < 1.29 is 19.4 Å². The lowest BCUT2D eigenvalue weighted by Gasteiger charge is -2.03. The quantitative estimate of drug-likeness (QED) is 0.628. The molecule has 1 aliphatic rings. The molecule has 0 fully saturated rings. The Balaban J connectivity index is 0.000000250. The highest BCUT2D eigenvalue weighted by molar-refractivity contribution is 5.91. The zero-order valence-corrected chi connectivity index (χ0v) is 10.5. The maximum Gasteiger partial charge on any atom is 0.339 e. The number of carboxylic acids is 1. The predicted octanol–water partition coefficient (Wildman–Crippen LogP) is 1.97. The third-order valence-corrected chi connectivity index (χ3v) is 2.07. The highest BCUT2D eigenvalue weighted by atomic mass is 16.5. The van der Waals surface area contributed by atoms with Crippen molar-refractivity contribution >= 4 is 11.9 Å². The van der Waals surface area contributed by atoms with Gasteiger partial charge < -0.3 is 15.2 Å². The van der Waals surface area contributed by atoms with E-state index >= 15 is 0 Å². The summed E-state index contributed by atoms with van der Waals surface area (Å²) in [6.07, 6.45) is 8.00. The van der Waals surface area contributed by atoms with Crippen LogP contribution in [0.5, 0.6) is 5.75 Å². The first-order valence-electron chi connectivity index (χ1n) is 5.67. The van der Waals surface area contributed by atoms with E-state index in [0.29, 0.717) is 0 Å². The summed E-state index contributed by atoms with van der Waals surface area (Å²) >= 11 is 0. The van der Waals surface area contributed by atoms with Crippen molar-refractivity contribution in [2.45, 2.75) is 6.92 Å². The van der Waals surface area contributed by atoms with Crippen molar-refractivity contribution in [1.82, 2.24) is 5.32 Å². The summed E-state index contributed by atoms with van der Waals surface area (Å²) in [4.78, 5) is 21.2. The molecule has 0 bridgehead atoms. The van der Waals surface area contributed by atoms with Crippen molar-refractivity contribution in [2.75, 3.05) is 6.54 Å². The first-order chi connectivity index (χ1) is 9.11. The van der Waals surface area contributed by atoms with Crippen LogP contribution in [0.15, 0.2) is 48.7 Å². The molecule has 1 heterocycles. The minimum atomic E-state index is -1.11. The number of dihydropyridines is 1. The molecule has 0 amide bonds. The Bertz CT molecular complexity index is 494. The Morgan fingerprint density at radius 3 is 2.42 bits per heavy atom. The molecule has 0 radical (unpaired) electrons. The van der Waals surface area contributed by atoms with E-state index in [1.807, 2.05) is 18.4 Å². The molecule has 1 aliphatic heterocycles. The molecular formula is C14H15NO4. The van der Waals surface area contributed by atoms with Crippen molar-refractivity contribution in [1.29, 1.82) is 0 Å². The molecule has 1 aromatic rings. The van der Waals surface area contributed by atoms with Gasteiger partial charge in [0.25, 0.3) is 0 Å². The van der Waals surface area contributed by atoms with Gasteiger partial charge in [-0.1, -0.05) is 24.3 Å². The lowest BCUT2D eigenvalue weighted by Crippen LogP contribution is -2.06. The number of nitrogens with one attached hydrogen (secondary N) is 1. The second-order valence-corrected chi connectivity index (χ2v) is 3.59. The van der Waals surface area contributed by atoms with Crippen LogP contribution in [0.4, 0.5) is 0 Å². The van der Waals surface area contributed by atoms with E-state index in [1.54, 1.807) is 12.1 Å². The van der Waals surface area contributed by atoms with Gasteiger partial charge in [-0.25, -0.2) is 4.79 Å². The number of ether oxygens (including phenoxy) is 1. The van der Waals surface area contributed by atoms with Gasteiger partial charge in [0.15, 0.2) is 0 Å². The number of hydrogen-bond donors (Lipinski definition) is 2. The maximum atomic E-state index is 10.6. The van der Waals surface area contributed by atoms with E-state index in [-0.39, 0.29) is 11.3 Å². The second-order valence-electron chi connectivity index (χ2n) is 3.59. The van der Waals surface area contributed by atoms with Crippen LogP contribution in [-0.2, 0) is 4.79 Å². The molecule has 2 N–H and O–H groups in total. The van der Waals surface area contributed by atoms with E-state index < -0.39 is 11.9 Å². The Hall–Kier alpha value is -2.56. The summed E-state index contributed by atoms with van der Waals surface area (Å²) in [6.45, 7) is 2.20. The molecule has 19 heavy (non-hydrogen) atoms. The number of rotatable bonds is 2. The van der Waals surface area contributed by atoms with Crippen LogP contribution in [0.2, 0.25) is 0 Å². The number of carbonyl (C=O) groups excluding carboxylic acids is 1. The van der Waals surface area contributed by atoms with Crippen LogP contribution < -0.4 is 10.1 Å². The molecule has 0 unspecified atom stereocenters. The van der Waals surface area contributed by atoms with E-state index in [1.165, 1.54) is 19.1 Å². The molecule has 0 spiro atoms.